The number of aliphatic hydroxyl groups is 1. The predicted molar refractivity (Wildman–Crippen MR) is 196 cm³/mol. The molecule has 1 N–H and O–H groups in total. The van der Waals surface area contributed by atoms with E-state index in [-0.39, 0.29) is 25.2 Å². The van der Waals surface area contributed by atoms with Crippen LogP contribution in [0.5, 0.6) is 0 Å². The van der Waals surface area contributed by atoms with Crippen LogP contribution >= 0.6 is 0 Å². The minimum atomic E-state index is -0.798. The van der Waals surface area contributed by atoms with Gasteiger partial charge in [-0.3, -0.25) is 9.59 Å². The third-order valence-corrected chi connectivity index (χ3v) is 7.48. The fourth-order valence-corrected chi connectivity index (χ4v) is 4.69. The first-order valence-corrected chi connectivity index (χ1v) is 18.5. The average Bonchev–Trinajstić information content (AvgIpc) is 3.06. The molecule has 0 aromatic heterocycles. The zero-order valence-electron chi connectivity index (χ0n) is 29.6. The fraction of sp³-hybridized carbons (Fsp3) is 0.659. The first-order chi connectivity index (χ1) is 22.6. The molecule has 0 rings (SSSR count). The monoisotopic (exact) mass is 641 g/mol. The van der Waals surface area contributed by atoms with Crippen molar-refractivity contribution in [3.05, 3.63) is 72.9 Å². The molecule has 0 spiro atoms. The summed E-state index contributed by atoms with van der Waals surface area (Å²) in [5.41, 5.74) is 0. The molecule has 0 unspecified atom stereocenters. The van der Waals surface area contributed by atoms with Crippen molar-refractivity contribution in [2.75, 3.05) is 13.2 Å². The number of rotatable bonds is 32. The zero-order valence-corrected chi connectivity index (χ0v) is 29.6. The second-order valence-corrected chi connectivity index (χ2v) is 11.9. The van der Waals surface area contributed by atoms with Crippen LogP contribution in [0.25, 0.3) is 0 Å². The van der Waals surface area contributed by atoms with Gasteiger partial charge < -0.3 is 14.6 Å². The maximum Gasteiger partial charge on any atom is 0.306 e. The van der Waals surface area contributed by atoms with Gasteiger partial charge in [-0.2, -0.15) is 0 Å². The van der Waals surface area contributed by atoms with E-state index in [2.05, 4.69) is 86.8 Å². The molecule has 0 aliphatic heterocycles. The first kappa shape index (κ1) is 43.3. The maximum absolute atomic E-state index is 12.1. The van der Waals surface area contributed by atoms with Crippen LogP contribution in [-0.2, 0) is 19.1 Å². The van der Waals surface area contributed by atoms with Crippen LogP contribution in [-0.4, -0.2) is 36.4 Å². The molecule has 0 heterocycles. The smallest absolute Gasteiger partial charge is 0.306 e. The third-order valence-electron chi connectivity index (χ3n) is 7.48. The first-order valence-electron chi connectivity index (χ1n) is 18.5. The van der Waals surface area contributed by atoms with Crippen molar-refractivity contribution < 1.29 is 24.2 Å². The number of unbranched alkanes of at least 4 members (excludes halogenated alkanes) is 12. The molecule has 0 saturated carbocycles. The zero-order chi connectivity index (χ0) is 33.6. The Morgan fingerprint density at radius 2 is 0.935 bits per heavy atom. The van der Waals surface area contributed by atoms with Gasteiger partial charge in [-0.25, -0.2) is 0 Å². The molecule has 5 nitrogen and oxygen atoms in total. The summed E-state index contributed by atoms with van der Waals surface area (Å²) in [5.74, 6) is -0.656. The van der Waals surface area contributed by atoms with Gasteiger partial charge in [-0.05, 0) is 83.5 Å². The molecule has 0 amide bonds. The van der Waals surface area contributed by atoms with Crippen LogP contribution in [0.4, 0.5) is 0 Å². The van der Waals surface area contributed by atoms with Gasteiger partial charge in [0.2, 0.25) is 0 Å². The number of aliphatic hydroxyl groups excluding tert-OH is 1. The van der Waals surface area contributed by atoms with E-state index >= 15 is 0 Å². The Kier molecular flexibility index (Phi) is 34.7. The number of hydrogen-bond acceptors (Lipinski definition) is 5. The lowest BCUT2D eigenvalue weighted by Gasteiger charge is -2.15. The van der Waals surface area contributed by atoms with E-state index in [4.69, 9.17) is 9.47 Å². The molecule has 5 heteroatoms. The van der Waals surface area contributed by atoms with E-state index < -0.39 is 6.10 Å². The van der Waals surface area contributed by atoms with Crippen LogP contribution in [0.1, 0.15) is 155 Å². The van der Waals surface area contributed by atoms with Crippen molar-refractivity contribution in [1.82, 2.24) is 0 Å². The van der Waals surface area contributed by atoms with Gasteiger partial charge >= 0.3 is 11.9 Å². The van der Waals surface area contributed by atoms with Gasteiger partial charge in [0.1, 0.15) is 6.61 Å². The number of carbonyl (C=O) groups is 2. The average molecular weight is 641 g/mol. The predicted octanol–water partition coefficient (Wildman–Crippen LogP) is 11.4. The summed E-state index contributed by atoms with van der Waals surface area (Å²) in [6.45, 7) is 3.93. The molecule has 0 aliphatic carbocycles. The highest BCUT2D eigenvalue weighted by atomic mass is 16.6. The van der Waals surface area contributed by atoms with Crippen molar-refractivity contribution >= 4 is 11.9 Å². The lowest BCUT2D eigenvalue weighted by atomic mass is 10.1. The molecule has 1 atom stereocenters. The topological polar surface area (TPSA) is 72.8 Å². The summed E-state index contributed by atoms with van der Waals surface area (Å²) >= 11 is 0. The minimum Gasteiger partial charge on any atom is -0.462 e. The van der Waals surface area contributed by atoms with E-state index in [9.17, 15) is 14.7 Å². The molecule has 0 fully saturated rings. The Morgan fingerprint density at radius 3 is 1.46 bits per heavy atom. The largest absolute Gasteiger partial charge is 0.462 e. The SMILES string of the molecule is CC/C=C\C/C=C\C/C=C\C/C=C\CCCCC(=O)O[C@@H](CO)COC(=O)CCCCCCCCC/C=C\C/C=C\CCCCC. The number of hydrogen-bond donors (Lipinski definition) is 1. The van der Waals surface area contributed by atoms with E-state index in [1.807, 2.05) is 0 Å². The van der Waals surface area contributed by atoms with Crippen LogP contribution in [0, 0.1) is 0 Å². The molecule has 0 aliphatic rings. The van der Waals surface area contributed by atoms with Gasteiger partial charge in [0.15, 0.2) is 6.10 Å². The van der Waals surface area contributed by atoms with Gasteiger partial charge in [0.25, 0.3) is 0 Å². The van der Waals surface area contributed by atoms with E-state index in [0.717, 1.165) is 77.0 Å². The molecule has 0 aromatic rings. The number of allylic oxidation sites excluding steroid dienone is 12. The van der Waals surface area contributed by atoms with Crippen LogP contribution in [0.2, 0.25) is 0 Å². The molecule has 0 radical (unpaired) electrons. The van der Waals surface area contributed by atoms with Gasteiger partial charge in [-0.1, -0.05) is 132 Å². The summed E-state index contributed by atoms with van der Waals surface area (Å²) < 4.78 is 10.5. The van der Waals surface area contributed by atoms with Crippen molar-refractivity contribution in [2.45, 2.75) is 161 Å². The van der Waals surface area contributed by atoms with Crippen molar-refractivity contribution in [3.63, 3.8) is 0 Å². The quantitative estimate of drug-likeness (QED) is 0.0450. The molecule has 262 valence electrons. The fourth-order valence-electron chi connectivity index (χ4n) is 4.69. The van der Waals surface area contributed by atoms with Crippen LogP contribution < -0.4 is 0 Å². The number of ether oxygens (including phenoxy) is 2. The Hall–Kier alpha value is -2.66. The third kappa shape index (κ3) is 34.2. The second kappa shape index (κ2) is 36.8. The molecular weight excluding hydrogens is 572 g/mol. The summed E-state index contributed by atoms with van der Waals surface area (Å²) in [6.07, 6.45) is 48.1. The molecule has 0 aromatic carbocycles. The Bertz CT molecular complexity index is 864. The highest BCUT2D eigenvalue weighted by molar-refractivity contribution is 5.70. The van der Waals surface area contributed by atoms with Gasteiger partial charge in [0, 0.05) is 12.8 Å². The summed E-state index contributed by atoms with van der Waals surface area (Å²) in [6, 6.07) is 0. The second-order valence-electron chi connectivity index (χ2n) is 11.9. The molecule has 0 bridgehead atoms. The maximum atomic E-state index is 12.1. The van der Waals surface area contributed by atoms with Crippen LogP contribution in [0.15, 0.2) is 72.9 Å². The normalized spacial score (nSPS) is 13.0. The Labute approximate surface area is 283 Å². The van der Waals surface area contributed by atoms with E-state index in [1.165, 1.54) is 51.4 Å². The summed E-state index contributed by atoms with van der Waals surface area (Å²) in [4.78, 5) is 24.2. The Balaban J connectivity index is 3.67. The summed E-state index contributed by atoms with van der Waals surface area (Å²) in [5, 5.41) is 9.53. The summed E-state index contributed by atoms with van der Waals surface area (Å²) in [7, 11) is 0. The highest BCUT2D eigenvalue weighted by Gasteiger charge is 2.16. The lowest BCUT2D eigenvalue weighted by molar-refractivity contribution is -0.161. The number of esters is 2. The number of carbonyl (C=O) groups excluding carboxylic acids is 2. The van der Waals surface area contributed by atoms with Crippen molar-refractivity contribution in [2.24, 2.45) is 0 Å². The van der Waals surface area contributed by atoms with E-state index in [0.29, 0.717) is 12.8 Å². The standard InChI is InChI=1S/C41H68O5/c1-3-5-7-9-11-13-15-17-19-20-22-23-25-27-29-31-33-35-40(43)45-38-39(37-42)46-41(44)36-34-32-30-28-26-24-21-18-16-14-12-10-8-6-4-2/h6,8,11-14,17-19,21,26,28,39,42H,3-5,7,9-10,15-16,20,22-25,27,29-38H2,1-2H3/b8-6-,13-11-,14-12-,19-17-,21-18-,28-26-/t39-/m0/s1. The van der Waals surface area contributed by atoms with Crippen LogP contribution in [0.3, 0.4) is 0 Å². The molecule has 46 heavy (non-hydrogen) atoms. The van der Waals surface area contributed by atoms with Gasteiger partial charge in [0.05, 0.1) is 6.61 Å². The Morgan fingerprint density at radius 1 is 0.522 bits per heavy atom. The highest BCUT2D eigenvalue weighted by Crippen LogP contribution is 2.11. The molecular formula is C41H68O5. The lowest BCUT2D eigenvalue weighted by Crippen LogP contribution is -2.28. The van der Waals surface area contributed by atoms with E-state index in [1.54, 1.807) is 0 Å². The van der Waals surface area contributed by atoms with Crippen molar-refractivity contribution in [1.29, 1.82) is 0 Å². The van der Waals surface area contributed by atoms with Gasteiger partial charge in [-0.15, -0.1) is 0 Å². The minimum absolute atomic E-state index is 0.0906. The molecule has 0 saturated heterocycles. The van der Waals surface area contributed by atoms with Crippen molar-refractivity contribution in [3.8, 4) is 0 Å².